The Bertz CT molecular complexity index is 1580. The lowest BCUT2D eigenvalue weighted by atomic mass is 10.1. The number of carbonyl (C=O) groups is 1. The fourth-order valence-electron chi connectivity index (χ4n) is 4.43. The van der Waals surface area contributed by atoms with Crippen molar-refractivity contribution in [1.82, 2.24) is 15.2 Å². The maximum atomic E-state index is 13.0. The van der Waals surface area contributed by atoms with Crippen LogP contribution >= 0.6 is 11.8 Å². The van der Waals surface area contributed by atoms with Crippen molar-refractivity contribution >= 4 is 35.3 Å². The van der Waals surface area contributed by atoms with Gasteiger partial charge in [-0.2, -0.15) is 10.2 Å². The van der Waals surface area contributed by atoms with Gasteiger partial charge in [-0.1, -0.05) is 84.1 Å². The normalized spacial score (nSPS) is 12.3. The lowest BCUT2D eigenvalue weighted by molar-refractivity contribution is -0.119. The number of fused-ring (bicyclic) bond motifs is 2. The van der Waals surface area contributed by atoms with Gasteiger partial charge < -0.3 is 4.90 Å². The molecule has 186 valence electrons. The van der Waals surface area contributed by atoms with Crippen LogP contribution in [-0.4, -0.2) is 28.4 Å². The molecule has 0 radical (unpaired) electrons. The van der Waals surface area contributed by atoms with Gasteiger partial charge in [0.25, 0.3) is 5.91 Å². The quantitative estimate of drug-likeness (QED) is 0.204. The number of aromatic nitrogens is 2. The number of hydrazone groups is 1. The number of nitrogens with one attached hydrogen (secondary N) is 1. The number of amides is 1. The fourth-order valence-corrected chi connectivity index (χ4v) is 5.53. The van der Waals surface area contributed by atoms with E-state index in [4.69, 9.17) is 5.10 Å². The van der Waals surface area contributed by atoms with Crippen LogP contribution in [0, 0.1) is 6.92 Å². The van der Waals surface area contributed by atoms with Crippen LogP contribution in [0.4, 0.5) is 11.4 Å². The summed E-state index contributed by atoms with van der Waals surface area (Å²) in [4.78, 5) is 17.3. The summed E-state index contributed by atoms with van der Waals surface area (Å²) in [6, 6.07) is 34.4. The van der Waals surface area contributed by atoms with Crippen LogP contribution in [0.25, 0.3) is 16.9 Å². The molecule has 4 aromatic carbocycles. The molecule has 0 unspecified atom stereocenters. The Morgan fingerprint density at radius 3 is 2.18 bits per heavy atom. The number of para-hydroxylation sites is 3. The number of nitrogens with zero attached hydrogens (tertiary/aromatic N) is 4. The molecule has 1 N–H and O–H groups in total. The number of benzene rings is 4. The van der Waals surface area contributed by atoms with Gasteiger partial charge in [0.2, 0.25) is 0 Å². The first kappa shape index (κ1) is 23.8. The Morgan fingerprint density at radius 1 is 0.868 bits per heavy atom. The van der Waals surface area contributed by atoms with Crippen molar-refractivity contribution in [3.05, 3.63) is 120 Å². The minimum atomic E-state index is -0.204. The number of carbonyl (C=O) groups excluding carboxylic acids is 1. The molecule has 0 saturated carbocycles. The molecule has 1 aliphatic rings. The lowest BCUT2D eigenvalue weighted by Crippen LogP contribution is -2.33. The zero-order valence-corrected chi connectivity index (χ0v) is 21.6. The summed E-state index contributed by atoms with van der Waals surface area (Å²) in [5.74, 6) is -0.204. The Balaban J connectivity index is 1.24. The maximum absolute atomic E-state index is 13.0. The minimum absolute atomic E-state index is 0.153. The number of rotatable bonds is 6. The Hall–Kier alpha value is -4.62. The van der Waals surface area contributed by atoms with Crippen molar-refractivity contribution in [2.75, 3.05) is 11.4 Å². The van der Waals surface area contributed by atoms with Gasteiger partial charge in [-0.05, 0) is 43.3 Å². The topological polar surface area (TPSA) is 62.5 Å². The summed E-state index contributed by atoms with van der Waals surface area (Å²) in [7, 11) is 0. The predicted molar refractivity (Wildman–Crippen MR) is 153 cm³/mol. The van der Waals surface area contributed by atoms with Gasteiger partial charge in [0, 0.05) is 27.1 Å². The average Bonchev–Trinajstić information content (AvgIpc) is 3.38. The zero-order valence-electron chi connectivity index (χ0n) is 20.8. The monoisotopic (exact) mass is 515 g/mol. The zero-order chi connectivity index (χ0) is 25.9. The first-order valence-electron chi connectivity index (χ1n) is 12.3. The van der Waals surface area contributed by atoms with Crippen molar-refractivity contribution in [3.63, 3.8) is 0 Å². The standard InChI is InChI=1S/C31H25N5OS/c1-22-15-17-23(18-16-22)31-24(20-36(34-31)25-9-3-2-4-10-25)19-32-33-30(37)21-35-26-11-5-7-13-28(26)38-29-14-8-6-12-27(29)35/h2-20H,21H2,1H3,(H,33,37)/b32-19-. The molecular formula is C31H25N5OS. The maximum Gasteiger partial charge on any atom is 0.260 e. The van der Waals surface area contributed by atoms with E-state index in [0.717, 1.165) is 43.7 Å². The third-order valence-corrected chi connectivity index (χ3v) is 7.45. The number of hydrogen-bond acceptors (Lipinski definition) is 5. The summed E-state index contributed by atoms with van der Waals surface area (Å²) in [6.45, 7) is 2.21. The summed E-state index contributed by atoms with van der Waals surface area (Å²) >= 11 is 1.72. The van der Waals surface area contributed by atoms with Crippen molar-refractivity contribution < 1.29 is 4.79 Å². The second kappa shape index (κ2) is 10.4. The van der Waals surface area contributed by atoms with Crippen LogP contribution < -0.4 is 10.3 Å². The molecule has 0 bridgehead atoms. The van der Waals surface area contributed by atoms with Crippen molar-refractivity contribution in [2.45, 2.75) is 16.7 Å². The number of aryl methyl sites for hydroxylation is 1. The predicted octanol–water partition coefficient (Wildman–Crippen LogP) is 6.60. The van der Waals surface area contributed by atoms with E-state index in [0.29, 0.717) is 0 Å². The molecule has 6 nitrogen and oxygen atoms in total. The number of anilines is 2. The Kier molecular flexibility index (Phi) is 6.50. The molecule has 38 heavy (non-hydrogen) atoms. The molecule has 7 heteroatoms. The van der Waals surface area contributed by atoms with Gasteiger partial charge in [0.1, 0.15) is 12.2 Å². The minimum Gasteiger partial charge on any atom is -0.330 e. The smallest absolute Gasteiger partial charge is 0.260 e. The van der Waals surface area contributed by atoms with Crippen LogP contribution in [0.15, 0.2) is 124 Å². The summed E-state index contributed by atoms with van der Waals surface area (Å²) < 4.78 is 1.83. The van der Waals surface area contributed by atoms with E-state index in [2.05, 4.69) is 41.7 Å². The molecule has 0 saturated heterocycles. The average molecular weight is 516 g/mol. The van der Waals surface area contributed by atoms with E-state index >= 15 is 0 Å². The van der Waals surface area contributed by atoms with Crippen LogP contribution in [-0.2, 0) is 4.79 Å². The first-order valence-corrected chi connectivity index (χ1v) is 13.1. The largest absolute Gasteiger partial charge is 0.330 e. The molecule has 5 aromatic rings. The van der Waals surface area contributed by atoms with Crippen LogP contribution in [0.5, 0.6) is 0 Å². The third-order valence-electron chi connectivity index (χ3n) is 6.31. The highest BCUT2D eigenvalue weighted by molar-refractivity contribution is 7.99. The Morgan fingerprint density at radius 2 is 1.50 bits per heavy atom. The molecular weight excluding hydrogens is 490 g/mol. The van der Waals surface area contributed by atoms with Crippen molar-refractivity contribution in [1.29, 1.82) is 0 Å². The van der Waals surface area contributed by atoms with Crippen molar-refractivity contribution in [3.8, 4) is 16.9 Å². The van der Waals surface area contributed by atoms with E-state index in [1.54, 1.807) is 18.0 Å². The summed E-state index contributed by atoms with van der Waals surface area (Å²) in [6.07, 6.45) is 3.59. The molecule has 0 fully saturated rings. The SMILES string of the molecule is Cc1ccc(-c2nn(-c3ccccc3)cc2/C=N\NC(=O)CN2c3ccccc3Sc3ccccc32)cc1. The van der Waals surface area contributed by atoms with E-state index in [1.165, 1.54) is 5.56 Å². The second-order valence-electron chi connectivity index (χ2n) is 9.00. The van der Waals surface area contributed by atoms with E-state index in [1.807, 2.05) is 94.6 Å². The lowest BCUT2D eigenvalue weighted by Gasteiger charge is -2.31. The molecule has 0 aliphatic carbocycles. The van der Waals surface area contributed by atoms with Gasteiger partial charge in [0.15, 0.2) is 0 Å². The highest BCUT2D eigenvalue weighted by Gasteiger charge is 2.24. The summed E-state index contributed by atoms with van der Waals surface area (Å²) in [5.41, 5.74) is 9.47. The van der Waals surface area contributed by atoms with Gasteiger partial charge in [-0.25, -0.2) is 10.1 Å². The second-order valence-corrected chi connectivity index (χ2v) is 10.1. The fraction of sp³-hybridized carbons (Fsp3) is 0.0645. The van der Waals surface area contributed by atoms with E-state index in [-0.39, 0.29) is 12.5 Å². The molecule has 0 spiro atoms. The van der Waals surface area contributed by atoms with Gasteiger partial charge in [-0.15, -0.1) is 0 Å². The van der Waals surface area contributed by atoms with Gasteiger partial charge in [0.05, 0.1) is 23.3 Å². The third kappa shape index (κ3) is 4.84. The van der Waals surface area contributed by atoms with E-state index in [9.17, 15) is 4.79 Å². The molecule has 6 rings (SSSR count). The van der Waals surface area contributed by atoms with Gasteiger partial charge >= 0.3 is 0 Å². The molecule has 1 aromatic heterocycles. The molecule has 2 heterocycles. The molecule has 1 aliphatic heterocycles. The highest BCUT2D eigenvalue weighted by atomic mass is 32.2. The van der Waals surface area contributed by atoms with E-state index < -0.39 is 0 Å². The van der Waals surface area contributed by atoms with Crippen LogP contribution in [0.1, 0.15) is 11.1 Å². The highest BCUT2D eigenvalue weighted by Crippen LogP contribution is 2.47. The van der Waals surface area contributed by atoms with Crippen LogP contribution in [0.2, 0.25) is 0 Å². The van der Waals surface area contributed by atoms with Gasteiger partial charge in [-0.3, -0.25) is 4.79 Å². The van der Waals surface area contributed by atoms with Crippen LogP contribution in [0.3, 0.4) is 0 Å². The first-order chi connectivity index (χ1) is 18.7. The van der Waals surface area contributed by atoms with Crippen molar-refractivity contribution in [2.24, 2.45) is 5.10 Å². The summed E-state index contributed by atoms with van der Waals surface area (Å²) in [5, 5.41) is 9.14. The molecule has 1 amide bonds. The Labute approximate surface area is 225 Å². The molecule has 0 atom stereocenters. The number of hydrogen-bond donors (Lipinski definition) is 1.